The predicted octanol–water partition coefficient (Wildman–Crippen LogP) is 5.77. The standard InChI is InChI=1S/C16H34/c1-10-15(6,7)11-13(4)16(8,9)14(5)12(2)3/h12-14H,10-11H2,1-9H3. The average molecular weight is 226 g/mol. The molecule has 0 rings (SSSR count). The summed E-state index contributed by atoms with van der Waals surface area (Å²) in [5.74, 6) is 2.36. The molecule has 0 aliphatic carbocycles. The van der Waals surface area contributed by atoms with E-state index in [1.54, 1.807) is 0 Å². The first kappa shape index (κ1) is 16.0. The summed E-state index contributed by atoms with van der Waals surface area (Å²) in [5, 5.41) is 0. The van der Waals surface area contributed by atoms with Gasteiger partial charge in [0.25, 0.3) is 0 Å². The zero-order valence-electron chi connectivity index (χ0n) is 13.1. The summed E-state index contributed by atoms with van der Waals surface area (Å²) in [7, 11) is 0. The Morgan fingerprint density at radius 3 is 1.62 bits per heavy atom. The van der Waals surface area contributed by atoms with E-state index in [1.807, 2.05) is 0 Å². The maximum Gasteiger partial charge on any atom is -0.0300 e. The van der Waals surface area contributed by atoms with Crippen molar-refractivity contribution in [3.63, 3.8) is 0 Å². The van der Waals surface area contributed by atoms with Crippen LogP contribution in [0.4, 0.5) is 0 Å². The van der Waals surface area contributed by atoms with Gasteiger partial charge in [0.2, 0.25) is 0 Å². The lowest BCUT2D eigenvalue weighted by Crippen LogP contribution is -2.34. The predicted molar refractivity (Wildman–Crippen MR) is 75.6 cm³/mol. The lowest BCUT2D eigenvalue weighted by atomic mass is 9.63. The molecular formula is C16H34. The second-order valence-electron chi connectivity index (χ2n) is 7.48. The maximum absolute atomic E-state index is 2.45. The summed E-state index contributed by atoms with van der Waals surface area (Å²) in [4.78, 5) is 0. The topological polar surface area (TPSA) is 0 Å². The Hall–Kier alpha value is 0. The molecule has 0 heterocycles. The highest BCUT2D eigenvalue weighted by Gasteiger charge is 2.35. The van der Waals surface area contributed by atoms with Crippen LogP contribution >= 0.6 is 0 Å². The molecule has 2 unspecified atom stereocenters. The molecule has 0 fully saturated rings. The Kier molecular flexibility index (Phi) is 5.56. The lowest BCUT2D eigenvalue weighted by Gasteiger charge is -2.43. The molecule has 0 aliphatic rings. The van der Waals surface area contributed by atoms with Crippen LogP contribution in [0.3, 0.4) is 0 Å². The molecular weight excluding hydrogens is 192 g/mol. The van der Waals surface area contributed by atoms with Crippen molar-refractivity contribution in [2.75, 3.05) is 0 Å². The van der Waals surface area contributed by atoms with Gasteiger partial charge in [0.15, 0.2) is 0 Å². The average Bonchev–Trinajstić information content (AvgIpc) is 2.15. The monoisotopic (exact) mass is 226 g/mol. The molecule has 0 aromatic rings. The van der Waals surface area contributed by atoms with Crippen LogP contribution in [-0.4, -0.2) is 0 Å². The van der Waals surface area contributed by atoms with Crippen molar-refractivity contribution in [1.29, 1.82) is 0 Å². The van der Waals surface area contributed by atoms with Crippen LogP contribution in [0, 0.1) is 28.6 Å². The van der Waals surface area contributed by atoms with E-state index in [1.165, 1.54) is 12.8 Å². The Labute approximate surface area is 104 Å². The van der Waals surface area contributed by atoms with Gasteiger partial charge < -0.3 is 0 Å². The Morgan fingerprint density at radius 2 is 1.31 bits per heavy atom. The van der Waals surface area contributed by atoms with Crippen LogP contribution in [-0.2, 0) is 0 Å². The van der Waals surface area contributed by atoms with Crippen LogP contribution in [0.25, 0.3) is 0 Å². The number of hydrogen-bond acceptors (Lipinski definition) is 0. The van der Waals surface area contributed by atoms with Gasteiger partial charge in [-0.2, -0.15) is 0 Å². The van der Waals surface area contributed by atoms with E-state index in [0.29, 0.717) is 10.8 Å². The smallest absolute Gasteiger partial charge is 0.0300 e. The van der Waals surface area contributed by atoms with E-state index in [4.69, 9.17) is 0 Å². The Morgan fingerprint density at radius 1 is 0.875 bits per heavy atom. The van der Waals surface area contributed by atoms with Gasteiger partial charge in [-0.15, -0.1) is 0 Å². The van der Waals surface area contributed by atoms with Crippen LogP contribution in [0.15, 0.2) is 0 Å². The van der Waals surface area contributed by atoms with Crippen molar-refractivity contribution in [2.24, 2.45) is 28.6 Å². The minimum Gasteiger partial charge on any atom is -0.0649 e. The third-order valence-corrected chi connectivity index (χ3v) is 5.26. The van der Waals surface area contributed by atoms with E-state index in [-0.39, 0.29) is 0 Å². The van der Waals surface area contributed by atoms with Crippen molar-refractivity contribution in [3.05, 3.63) is 0 Å². The second kappa shape index (κ2) is 5.56. The van der Waals surface area contributed by atoms with Gasteiger partial charge in [0.05, 0.1) is 0 Å². The first-order valence-corrected chi connectivity index (χ1v) is 7.04. The third-order valence-electron chi connectivity index (χ3n) is 5.26. The van der Waals surface area contributed by atoms with Gasteiger partial charge in [-0.3, -0.25) is 0 Å². The minimum atomic E-state index is 0.445. The molecule has 0 saturated heterocycles. The minimum absolute atomic E-state index is 0.445. The quantitative estimate of drug-likeness (QED) is 0.539. The first-order valence-electron chi connectivity index (χ1n) is 7.04. The fraction of sp³-hybridized carbons (Fsp3) is 1.00. The van der Waals surface area contributed by atoms with Crippen molar-refractivity contribution in [3.8, 4) is 0 Å². The van der Waals surface area contributed by atoms with Gasteiger partial charge in [-0.25, -0.2) is 0 Å². The summed E-state index contributed by atoms with van der Waals surface area (Å²) >= 11 is 0. The van der Waals surface area contributed by atoms with Crippen molar-refractivity contribution < 1.29 is 0 Å². The fourth-order valence-electron chi connectivity index (χ4n) is 2.54. The lowest BCUT2D eigenvalue weighted by molar-refractivity contribution is 0.0685. The molecule has 98 valence electrons. The van der Waals surface area contributed by atoms with Gasteiger partial charge >= 0.3 is 0 Å². The largest absolute Gasteiger partial charge is 0.0649 e. The molecule has 0 aromatic carbocycles. The molecule has 0 aliphatic heterocycles. The number of hydrogen-bond donors (Lipinski definition) is 0. The second-order valence-corrected chi connectivity index (χ2v) is 7.48. The van der Waals surface area contributed by atoms with E-state index < -0.39 is 0 Å². The van der Waals surface area contributed by atoms with Crippen LogP contribution in [0.1, 0.15) is 75.2 Å². The molecule has 0 radical (unpaired) electrons. The highest BCUT2D eigenvalue weighted by atomic mass is 14.4. The molecule has 0 heteroatoms. The molecule has 0 spiro atoms. The number of rotatable bonds is 6. The molecule has 0 nitrogen and oxygen atoms in total. The zero-order chi connectivity index (χ0) is 13.1. The zero-order valence-corrected chi connectivity index (χ0v) is 13.1. The molecule has 2 atom stereocenters. The fourth-order valence-corrected chi connectivity index (χ4v) is 2.54. The summed E-state index contributed by atoms with van der Waals surface area (Å²) in [6.45, 7) is 21.6. The molecule has 0 aromatic heterocycles. The van der Waals surface area contributed by atoms with E-state index in [0.717, 1.165) is 17.8 Å². The van der Waals surface area contributed by atoms with Crippen LogP contribution in [0.5, 0.6) is 0 Å². The van der Waals surface area contributed by atoms with Crippen LogP contribution < -0.4 is 0 Å². The summed E-state index contributed by atoms with van der Waals surface area (Å²) < 4.78 is 0. The van der Waals surface area contributed by atoms with Gasteiger partial charge in [-0.1, -0.05) is 68.7 Å². The van der Waals surface area contributed by atoms with Crippen molar-refractivity contribution in [2.45, 2.75) is 75.2 Å². The SMILES string of the molecule is CCC(C)(C)CC(C)C(C)(C)C(C)C(C)C. The molecule has 0 bridgehead atoms. The summed E-state index contributed by atoms with van der Waals surface area (Å²) in [5.41, 5.74) is 0.938. The Bertz CT molecular complexity index is 198. The van der Waals surface area contributed by atoms with E-state index >= 15 is 0 Å². The first-order chi connectivity index (χ1) is 7.04. The third kappa shape index (κ3) is 4.11. The highest BCUT2D eigenvalue weighted by Crippen LogP contribution is 2.44. The molecule has 16 heavy (non-hydrogen) atoms. The van der Waals surface area contributed by atoms with Gasteiger partial charge in [0.1, 0.15) is 0 Å². The summed E-state index contributed by atoms with van der Waals surface area (Å²) in [6.07, 6.45) is 2.62. The van der Waals surface area contributed by atoms with Crippen molar-refractivity contribution in [1.82, 2.24) is 0 Å². The molecule has 0 amide bonds. The van der Waals surface area contributed by atoms with E-state index in [2.05, 4.69) is 62.3 Å². The molecule has 0 saturated carbocycles. The van der Waals surface area contributed by atoms with Gasteiger partial charge in [-0.05, 0) is 35.0 Å². The van der Waals surface area contributed by atoms with Gasteiger partial charge in [0, 0.05) is 0 Å². The maximum atomic E-state index is 2.45. The normalized spacial score (nSPS) is 17.6. The molecule has 0 N–H and O–H groups in total. The Balaban J connectivity index is 4.64. The highest BCUT2D eigenvalue weighted by molar-refractivity contribution is 4.85. The van der Waals surface area contributed by atoms with Crippen molar-refractivity contribution >= 4 is 0 Å². The van der Waals surface area contributed by atoms with Crippen LogP contribution in [0.2, 0.25) is 0 Å². The summed E-state index contributed by atoms with van der Waals surface area (Å²) in [6, 6.07) is 0. The van der Waals surface area contributed by atoms with E-state index in [9.17, 15) is 0 Å².